The number of carbonyl (C=O) groups excluding carboxylic acids is 2. The standard InChI is InChI=1S/C13H16N2O4/c1-2-3-10(13(18)19)15-12(17)9-6-4-8(5-7-9)11(14)16/h4-7,10H,2-3H2,1H3,(H2,14,16)(H,15,17)(H,18,19). The smallest absolute Gasteiger partial charge is 0.326 e. The molecule has 0 saturated heterocycles. The molecule has 1 unspecified atom stereocenters. The van der Waals surface area contributed by atoms with Crippen molar-refractivity contribution in [1.82, 2.24) is 5.32 Å². The molecule has 19 heavy (non-hydrogen) atoms. The summed E-state index contributed by atoms with van der Waals surface area (Å²) in [6.07, 6.45) is 1.01. The predicted octanol–water partition coefficient (Wildman–Crippen LogP) is 0.769. The first-order chi connectivity index (χ1) is 8.95. The molecule has 6 heteroatoms. The van der Waals surface area contributed by atoms with Crippen molar-refractivity contribution in [3.63, 3.8) is 0 Å². The average Bonchev–Trinajstić information content (AvgIpc) is 2.38. The van der Waals surface area contributed by atoms with Crippen LogP contribution in [0.2, 0.25) is 0 Å². The number of primary amides is 1. The number of aliphatic carboxylic acids is 1. The SMILES string of the molecule is CCCC(NC(=O)c1ccc(C(N)=O)cc1)C(=O)O. The Labute approximate surface area is 110 Å². The minimum Gasteiger partial charge on any atom is -0.480 e. The van der Waals surface area contributed by atoms with Crippen LogP contribution >= 0.6 is 0 Å². The van der Waals surface area contributed by atoms with Gasteiger partial charge in [-0.05, 0) is 30.7 Å². The number of rotatable bonds is 6. The molecular weight excluding hydrogens is 248 g/mol. The first-order valence-corrected chi connectivity index (χ1v) is 5.89. The van der Waals surface area contributed by atoms with Crippen LogP contribution in [0.15, 0.2) is 24.3 Å². The molecule has 0 radical (unpaired) electrons. The molecule has 0 fully saturated rings. The molecule has 0 spiro atoms. The number of hydrogen-bond donors (Lipinski definition) is 3. The molecule has 1 atom stereocenters. The third kappa shape index (κ3) is 4.09. The van der Waals surface area contributed by atoms with E-state index in [0.29, 0.717) is 18.4 Å². The zero-order chi connectivity index (χ0) is 14.4. The Kier molecular flexibility index (Phi) is 5.05. The number of carboxylic acids is 1. The van der Waals surface area contributed by atoms with Gasteiger partial charge in [0.15, 0.2) is 0 Å². The van der Waals surface area contributed by atoms with E-state index in [1.807, 2.05) is 6.92 Å². The summed E-state index contributed by atoms with van der Waals surface area (Å²) in [4.78, 5) is 33.6. The molecule has 0 aliphatic carbocycles. The van der Waals surface area contributed by atoms with Crippen molar-refractivity contribution >= 4 is 17.8 Å². The summed E-state index contributed by atoms with van der Waals surface area (Å²) in [6.45, 7) is 1.84. The van der Waals surface area contributed by atoms with Gasteiger partial charge in [-0.3, -0.25) is 9.59 Å². The van der Waals surface area contributed by atoms with Gasteiger partial charge in [-0.25, -0.2) is 4.79 Å². The van der Waals surface area contributed by atoms with Crippen molar-refractivity contribution in [2.24, 2.45) is 5.73 Å². The second kappa shape index (κ2) is 6.53. The van der Waals surface area contributed by atoms with Gasteiger partial charge in [-0.15, -0.1) is 0 Å². The van der Waals surface area contributed by atoms with E-state index in [1.165, 1.54) is 24.3 Å². The van der Waals surface area contributed by atoms with E-state index >= 15 is 0 Å². The number of nitrogens with one attached hydrogen (secondary N) is 1. The van der Waals surface area contributed by atoms with Crippen molar-refractivity contribution in [3.8, 4) is 0 Å². The van der Waals surface area contributed by atoms with Crippen LogP contribution in [0.5, 0.6) is 0 Å². The number of nitrogens with two attached hydrogens (primary N) is 1. The monoisotopic (exact) mass is 264 g/mol. The van der Waals surface area contributed by atoms with Crippen LogP contribution in [-0.2, 0) is 4.79 Å². The molecule has 0 aliphatic rings. The molecule has 0 aliphatic heterocycles. The number of carbonyl (C=O) groups is 3. The first kappa shape index (κ1) is 14.7. The summed E-state index contributed by atoms with van der Waals surface area (Å²) >= 11 is 0. The van der Waals surface area contributed by atoms with Crippen LogP contribution < -0.4 is 11.1 Å². The van der Waals surface area contributed by atoms with Gasteiger partial charge in [0.05, 0.1) is 0 Å². The fourth-order valence-electron chi connectivity index (χ4n) is 1.57. The molecule has 1 aromatic rings. The fraction of sp³-hybridized carbons (Fsp3) is 0.308. The number of amides is 2. The maximum absolute atomic E-state index is 11.8. The van der Waals surface area contributed by atoms with Gasteiger partial charge >= 0.3 is 5.97 Å². The Morgan fingerprint density at radius 1 is 1.21 bits per heavy atom. The lowest BCUT2D eigenvalue weighted by Gasteiger charge is -2.13. The fourth-order valence-corrected chi connectivity index (χ4v) is 1.57. The highest BCUT2D eigenvalue weighted by molar-refractivity contribution is 5.98. The van der Waals surface area contributed by atoms with Crippen molar-refractivity contribution in [1.29, 1.82) is 0 Å². The van der Waals surface area contributed by atoms with Crippen LogP contribution in [-0.4, -0.2) is 28.9 Å². The van der Waals surface area contributed by atoms with Gasteiger partial charge in [0, 0.05) is 11.1 Å². The topological polar surface area (TPSA) is 109 Å². The Bertz CT molecular complexity index is 482. The number of carboxylic acid groups (broad SMARTS) is 1. The van der Waals surface area contributed by atoms with E-state index in [9.17, 15) is 14.4 Å². The van der Waals surface area contributed by atoms with Gasteiger partial charge in [-0.2, -0.15) is 0 Å². The Hall–Kier alpha value is -2.37. The molecule has 0 saturated carbocycles. The minimum atomic E-state index is -1.07. The molecule has 2 amide bonds. The third-order valence-electron chi connectivity index (χ3n) is 2.61. The third-order valence-corrected chi connectivity index (χ3v) is 2.61. The van der Waals surface area contributed by atoms with E-state index in [2.05, 4.69) is 5.32 Å². The van der Waals surface area contributed by atoms with Gasteiger partial charge < -0.3 is 16.2 Å². The zero-order valence-corrected chi connectivity index (χ0v) is 10.6. The molecular formula is C13H16N2O4. The van der Waals surface area contributed by atoms with Crippen LogP contribution in [0, 0.1) is 0 Å². The molecule has 4 N–H and O–H groups in total. The normalized spacial score (nSPS) is 11.6. The van der Waals surface area contributed by atoms with Crippen molar-refractivity contribution < 1.29 is 19.5 Å². The number of hydrogen-bond acceptors (Lipinski definition) is 3. The predicted molar refractivity (Wildman–Crippen MR) is 68.8 cm³/mol. The van der Waals surface area contributed by atoms with E-state index in [0.717, 1.165) is 0 Å². The molecule has 0 heterocycles. The Morgan fingerprint density at radius 2 is 1.74 bits per heavy atom. The summed E-state index contributed by atoms with van der Waals surface area (Å²) in [5.41, 5.74) is 5.66. The first-order valence-electron chi connectivity index (χ1n) is 5.89. The maximum Gasteiger partial charge on any atom is 0.326 e. The highest BCUT2D eigenvalue weighted by Crippen LogP contribution is 2.05. The van der Waals surface area contributed by atoms with E-state index in [4.69, 9.17) is 10.8 Å². The summed E-state index contributed by atoms with van der Waals surface area (Å²) in [6, 6.07) is 4.80. The highest BCUT2D eigenvalue weighted by atomic mass is 16.4. The molecule has 1 aromatic carbocycles. The van der Waals surface area contributed by atoms with E-state index in [1.54, 1.807) is 0 Å². The van der Waals surface area contributed by atoms with Crippen LogP contribution in [0.4, 0.5) is 0 Å². The summed E-state index contributed by atoms with van der Waals surface area (Å²) < 4.78 is 0. The molecule has 0 aromatic heterocycles. The van der Waals surface area contributed by atoms with Gasteiger partial charge in [0.25, 0.3) is 5.91 Å². The van der Waals surface area contributed by atoms with Gasteiger partial charge in [0.1, 0.15) is 6.04 Å². The van der Waals surface area contributed by atoms with E-state index in [-0.39, 0.29) is 5.56 Å². The molecule has 1 rings (SSSR count). The Balaban J connectivity index is 2.76. The lowest BCUT2D eigenvalue weighted by atomic mass is 10.1. The lowest BCUT2D eigenvalue weighted by Crippen LogP contribution is -2.40. The lowest BCUT2D eigenvalue weighted by molar-refractivity contribution is -0.139. The highest BCUT2D eigenvalue weighted by Gasteiger charge is 2.19. The second-order valence-electron chi connectivity index (χ2n) is 4.09. The quantitative estimate of drug-likeness (QED) is 0.704. The van der Waals surface area contributed by atoms with Gasteiger partial charge in [-0.1, -0.05) is 13.3 Å². The number of benzene rings is 1. The summed E-state index contributed by atoms with van der Waals surface area (Å²) in [5.74, 6) is -2.14. The second-order valence-corrected chi connectivity index (χ2v) is 4.09. The van der Waals surface area contributed by atoms with Crippen LogP contribution in [0.1, 0.15) is 40.5 Å². The molecule has 6 nitrogen and oxygen atoms in total. The average molecular weight is 264 g/mol. The summed E-state index contributed by atoms with van der Waals surface area (Å²) in [7, 11) is 0. The largest absolute Gasteiger partial charge is 0.480 e. The van der Waals surface area contributed by atoms with E-state index < -0.39 is 23.8 Å². The van der Waals surface area contributed by atoms with Crippen molar-refractivity contribution in [3.05, 3.63) is 35.4 Å². The van der Waals surface area contributed by atoms with Crippen LogP contribution in [0.25, 0.3) is 0 Å². The van der Waals surface area contributed by atoms with Crippen molar-refractivity contribution in [2.75, 3.05) is 0 Å². The van der Waals surface area contributed by atoms with Crippen molar-refractivity contribution in [2.45, 2.75) is 25.8 Å². The molecule has 102 valence electrons. The molecule has 0 bridgehead atoms. The summed E-state index contributed by atoms with van der Waals surface area (Å²) in [5, 5.41) is 11.4. The van der Waals surface area contributed by atoms with Crippen LogP contribution in [0.3, 0.4) is 0 Å². The zero-order valence-electron chi connectivity index (χ0n) is 10.6. The van der Waals surface area contributed by atoms with Gasteiger partial charge in [0.2, 0.25) is 5.91 Å². The maximum atomic E-state index is 11.8. The Morgan fingerprint density at radius 3 is 2.16 bits per heavy atom. The minimum absolute atomic E-state index is 0.285.